The van der Waals surface area contributed by atoms with Gasteiger partial charge in [0, 0.05) is 23.8 Å². The molecule has 3 nitrogen and oxygen atoms in total. The normalized spacial score (nSPS) is 12.0. The number of hydrogen-bond acceptors (Lipinski definition) is 2. The number of benzene rings is 1. The zero-order valence-electron chi connectivity index (χ0n) is 13.1. The summed E-state index contributed by atoms with van der Waals surface area (Å²) in [6.07, 6.45) is 2.87. The third-order valence-corrected chi connectivity index (χ3v) is 3.79. The van der Waals surface area contributed by atoms with Crippen LogP contribution in [0.5, 0.6) is 0 Å². The molecule has 0 fully saturated rings. The van der Waals surface area contributed by atoms with Gasteiger partial charge in [-0.15, -0.1) is 0 Å². The first kappa shape index (κ1) is 15.3. The van der Waals surface area contributed by atoms with Crippen molar-refractivity contribution in [2.45, 2.75) is 39.8 Å². The van der Waals surface area contributed by atoms with Crippen molar-refractivity contribution in [2.75, 3.05) is 6.54 Å². The molecule has 0 bridgehead atoms. The molecule has 3 heteroatoms. The molecule has 0 aliphatic rings. The van der Waals surface area contributed by atoms with E-state index < -0.39 is 0 Å². The number of nitrogens with one attached hydrogen (secondary N) is 1. The summed E-state index contributed by atoms with van der Waals surface area (Å²) in [4.78, 5) is 9.91. The number of aryl methyl sites for hydroxylation is 1. The van der Waals surface area contributed by atoms with Crippen LogP contribution < -0.4 is 0 Å². The molecule has 1 aromatic heterocycles. The van der Waals surface area contributed by atoms with E-state index in [0.717, 1.165) is 36.5 Å². The Kier molecular flexibility index (Phi) is 5.59. The van der Waals surface area contributed by atoms with Crippen LogP contribution in [0.4, 0.5) is 0 Å². The van der Waals surface area contributed by atoms with E-state index in [4.69, 9.17) is 0 Å². The average molecular weight is 281 g/mol. The summed E-state index contributed by atoms with van der Waals surface area (Å²) in [5.41, 5.74) is 3.31. The lowest BCUT2D eigenvalue weighted by molar-refractivity contribution is 0.218. The highest BCUT2D eigenvalue weighted by Gasteiger charge is 2.13. The molecule has 0 saturated carbocycles. The largest absolute Gasteiger partial charge is 0.348 e. The van der Waals surface area contributed by atoms with Gasteiger partial charge >= 0.3 is 0 Å². The molecule has 21 heavy (non-hydrogen) atoms. The van der Waals surface area contributed by atoms with Gasteiger partial charge in [-0.3, -0.25) is 4.90 Å². The van der Waals surface area contributed by atoms with Gasteiger partial charge in [-0.2, -0.15) is 0 Å². The van der Waals surface area contributed by atoms with Gasteiger partial charge in [0.05, 0.1) is 18.6 Å². The quantitative estimate of drug-likeness (QED) is 0.852. The van der Waals surface area contributed by atoms with Crippen molar-refractivity contribution < 1.29 is 0 Å². The number of nitrogens with zero attached hydrogens (tertiary/aromatic N) is 2. The maximum Gasteiger partial charge on any atom is 0.0925 e. The molecule has 2 rings (SSSR count). The van der Waals surface area contributed by atoms with Gasteiger partial charge in [-0.1, -0.05) is 37.0 Å². The lowest BCUT2D eigenvalue weighted by atomic mass is 10.2. The van der Waals surface area contributed by atoms with E-state index in [2.05, 4.69) is 47.5 Å². The fourth-order valence-corrected chi connectivity index (χ4v) is 2.13. The van der Waals surface area contributed by atoms with Crippen molar-refractivity contribution in [3.8, 4) is 11.8 Å². The molecule has 1 atom stereocenters. The van der Waals surface area contributed by atoms with Crippen molar-refractivity contribution in [1.29, 1.82) is 0 Å². The Balaban J connectivity index is 2.04. The predicted molar refractivity (Wildman–Crippen MR) is 86.8 cm³/mol. The second-order valence-electron chi connectivity index (χ2n) is 5.30. The second-order valence-corrected chi connectivity index (χ2v) is 5.30. The van der Waals surface area contributed by atoms with Gasteiger partial charge in [-0.25, -0.2) is 4.98 Å². The standard InChI is InChI=1S/C18H23N3/c1-4-15(2)21(13-18-16(3)19-14-20-18)12-8-11-17-9-6-5-7-10-17/h5-7,9-10,14-15H,4,12-13H2,1-3H3,(H,19,20)/t15-/m1/s1. The highest BCUT2D eigenvalue weighted by atomic mass is 15.2. The molecule has 0 spiro atoms. The van der Waals surface area contributed by atoms with E-state index in [1.54, 1.807) is 6.33 Å². The summed E-state index contributed by atoms with van der Waals surface area (Å²) >= 11 is 0. The Labute approximate surface area is 127 Å². The minimum Gasteiger partial charge on any atom is -0.348 e. The minimum absolute atomic E-state index is 0.492. The molecule has 110 valence electrons. The molecule has 1 N–H and O–H groups in total. The number of H-pyrrole nitrogens is 1. The molecule has 1 heterocycles. The molecule has 0 saturated heterocycles. The van der Waals surface area contributed by atoms with Gasteiger partial charge in [0.1, 0.15) is 0 Å². The lowest BCUT2D eigenvalue weighted by Gasteiger charge is -2.25. The zero-order valence-corrected chi connectivity index (χ0v) is 13.1. The third-order valence-electron chi connectivity index (χ3n) is 3.79. The summed E-state index contributed by atoms with van der Waals surface area (Å²) < 4.78 is 0. The average Bonchev–Trinajstić information content (AvgIpc) is 2.91. The van der Waals surface area contributed by atoms with Crippen LogP contribution in [0.2, 0.25) is 0 Å². The molecule has 0 unspecified atom stereocenters. The van der Waals surface area contributed by atoms with Crippen LogP contribution in [-0.4, -0.2) is 27.5 Å². The molecule has 0 amide bonds. The fraction of sp³-hybridized carbons (Fsp3) is 0.389. The zero-order chi connectivity index (χ0) is 15.1. The van der Waals surface area contributed by atoms with Crippen molar-refractivity contribution >= 4 is 0 Å². The Morgan fingerprint density at radius 1 is 1.29 bits per heavy atom. The van der Waals surface area contributed by atoms with E-state index in [9.17, 15) is 0 Å². The van der Waals surface area contributed by atoms with Gasteiger partial charge in [0.25, 0.3) is 0 Å². The van der Waals surface area contributed by atoms with Crippen LogP contribution in [0.15, 0.2) is 36.7 Å². The van der Waals surface area contributed by atoms with Crippen LogP contribution in [0.25, 0.3) is 0 Å². The smallest absolute Gasteiger partial charge is 0.0925 e. The van der Waals surface area contributed by atoms with Gasteiger partial charge < -0.3 is 4.98 Å². The van der Waals surface area contributed by atoms with Crippen molar-refractivity contribution in [1.82, 2.24) is 14.9 Å². The van der Waals surface area contributed by atoms with Crippen molar-refractivity contribution in [2.24, 2.45) is 0 Å². The Morgan fingerprint density at radius 3 is 2.67 bits per heavy atom. The molecule has 0 aliphatic heterocycles. The summed E-state index contributed by atoms with van der Waals surface area (Å²) in [5.74, 6) is 6.52. The van der Waals surface area contributed by atoms with Crippen molar-refractivity contribution in [3.63, 3.8) is 0 Å². The minimum atomic E-state index is 0.492. The molecular weight excluding hydrogens is 258 g/mol. The number of aromatic nitrogens is 2. The van der Waals surface area contributed by atoms with E-state index in [0.29, 0.717) is 6.04 Å². The Hall–Kier alpha value is -2.05. The third kappa shape index (κ3) is 4.47. The van der Waals surface area contributed by atoms with Crippen LogP contribution in [0.1, 0.15) is 37.2 Å². The highest BCUT2D eigenvalue weighted by molar-refractivity contribution is 5.33. The molecular formula is C18H23N3. The predicted octanol–water partition coefficient (Wildman–Crippen LogP) is 3.37. The fourth-order valence-electron chi connectivity index (χ4n) is 2.13. The summed E-state index contributed by atoms with van der Waals surface area (Å²) in [6.45, 7) is 8.11. The maximum atomic E-state index is 4.39. The first-order chi connectivity index (χ1) is 10.2. The number of imidazole rings is 1. The van der Waals surface area contributed by atoms with Crippen molar-refractivity contribution in [3.05, 3.63) is 53.6 Å². The molecule has 1 aromatic carbocycles. The van der Waals surface area contributed by atoms with E-state index in [1.807, 2.05) is 30.3 Å². The number of rotatable bonds is 5. The monoisotopic (exact) mass is 281 g/mol. The first-order valence-corrected chi connectivity index (χ1v) is 7.47. The Bertz CT molecular complexity index is 604. The van der Waals surface area contributed by atoms with E-state index >= 15 is 0 Å². The van der Waals surface area contributed by atoms with Crippen LogP contribution >= 0.6 is 0 Å². The van der Waals surface area contributed by atoms with Gasteiger partial charge in [-0.05, 0) is 32.4 Å². The topological polar surface area (TPSA) is 31.9 Å². The lowest BCUT2D eigenvalue weighted by Crippen LogP contribution is -2.32. The summed E-state index contributed by atoms with van der Waals surface area (Å²) in [6, 6.07) is 10.6. The molecule has 0 radical (unpaired) electrons. The number of aromatic amines is 1. The van der Waals surface area contributed by atoms with E-state index in [1.165, 1.54) is 0 Å². The molecule has 0 aliphatic carbocycles. The Morgan fingerprint density at radius 2 is 2.05 bits per heavy atom. The summed E-state index contributed by atoms with van der Waals surface area (Å²) in [5, 5.41) is 0. The maximum absolute atomic E-state index is 4.39. The van der Waals surface area contributed by atoms with Gasteiger partial charge in [0.15, 0.2) is 0 Å². The van der Waals surface area contributed by atoms with Crippen LogP contribution in [-0.2, 0) is 6.54 Å². The SMILES string of the molecule is CC[C@@H](C)N(CC#Cc1ccccc1)Cc1nc[nH]c1C. The molecule has 2 aromatic rings. The highest BCUT2D eigenvalue weighted by Crippen LogP contribution is 2.10. The summed E-state index contributed by atoms with van der Waals surface area (Å²) in [7, 11) is 0. The first-order valence-electron chi connectivity index (χ1n) is 7.47. The van der Waals surface area contributed by atoms with Crippen LogP contribution in [0, 0.1) is 18.8 Å². The second kappa shape index (κ2) is 7.66. The van der Waals surface area contributed by atoms with Crippen LogP contribution in [0.3, 0.4) is 0 Å². The van der Waals surface area contributed by atoms with E-state index in [-0.39, 0.29) is 0 Å². The number of hydrogen-bond donors (Lipinski definition) is 1. The van der Waals surface area contributed by atoms with Gasteiger partial charge in [0.2, 0.25) is 0 Å².